The number of fused-ring (bicyclic) bond motifs is 1. The molecule has 0 aliphatic carbocycles. The number of anilines is 1. The van der Waals surface area contributed by atoms with Crippen LogP contribution in [0.3, 0.4) is 0 Å². The van der Waals surface area contributed by atoms with E-state index >= 15 is 8.78 Å². The van der Waals surface area contributed by atoms with Crippen LogP contribution in [0.1, 0.15) is 17.2 Å². The minimum absolute atomic E-state index is 0.0620. The van der Waals surface area contributed by atoms with Crippen molar-refractivity contribution in [3.8, 4) is 0 Å². The van der Waals surface area contributed by atoms with Crippen LogP contribution in [0.15, 0.2) is 42.7 Å². The monoisotopic (exact) mass is 485 g/mol. The average molecular weight is 485 g/mol. The predicted octanol–water partition coefficient (Wildman–Crippen LogP) is 1.75. The number of nitrogens with one attached hydrogen (secondary N) is 2. The van der Waals surface area contributed by atoms with Gasteiger partial charge < -0.3 is 10.2 Å². The topological polar surface area (TPSA) is 94.9 Å². The molecule has 35 heavy (non-hydrogen) atoms. The molecule has 3 saturated heterocycles. The molecule has 3 aromatic rings. The number of imidazole rings is 1. The van der Waals surface area contributed by atoms with Crippen LogP contribution in [0.4, 0.5) is 23.7 Å². The quantitative estimate of drug-likeness (QED) is 0.585. The highest BCUT2D eigenvalue weighted by atomic mass is 19.3. The van der Waals surface area contributed by atoms with Crippen molar-refractivity contribution in [3.63, 3.8) is 0 Å². The van der Waals surface area contributed by atoms with Crippen LogP contribution >= 0.6 is 0 Å². The van der Waals surface area contributed by atoms with Gasteiger partial charge in [-0.05, 0) is 23.8 Å². The summed E-state index contributed by atoms with van der Waals surface area (Å²) < 4.78 is 45.7. The van der Waals surface area contributed by atoms with Crippen LogP contribution in [0.5, 0.6) is 0 Å². The molecular weight excluding hydrogens is 463 g/mol. The van der Waals surface area contributed by atoms with Gasteiger partial charge in [-0.15, -0.1) is 0 Å². The van der Waals surface area contributed by atoms with Crippen molar-refractivity contribution in [2.75, 3.05) is 37.6 Å². The number of halogens is 3. The van der Waals surface area contributed by atoms with Crippen molar-refractivity contribution in [2.45, 2.75) is 18.4 Å². The van der Waals surface area contributed by atoms with Gasteiger partial charge in [0.05, 0.1) is 29.3 Å². The third-order valence-electron chi connectivity index (χ3n) is 7.08. The summed E-state index contributed by atoms with van der Waals surface area (Å²) in [5.74, 6) is -4.55. The molecule has 182 valence electrons. The Bertz CT molecular complexity index is 1340. The maximum atomic E-state index is 15.4. The Labute approximate surface area is 197 Å². The Balaban J connectivity index is 1.26. The van der Waals surface area contributed by atoms with E-state index < -0.39 is 35.7 Å². The van der Waals surface area contributed by atoms with Crippen LogP contribution in [0.25, 0.3) is 5.65 Å². The summed E-state index contributed by atoms with van der Waals surface area (Å²) in [5.41, 5.74) is 0.744. The number of hydrogen-bond acceptors (Lipinski definition) is 6. The molecule has 0 bridgehead atoms. The largest absolute Gasteiger partial charge is 0.361 e. The van der Waals surface area contributed by atoms with E-state index in [1.165, 1.54) is 22.8 Å². The van der Waals surface area contributed by atoms with Crippen LogP contribution in [-0.4, -0.2) is 70.1 Å². The molecule has 1 atom stereocenters. The molecule has 2 aromatic heterocycles. The SMILES string of the molecule is O=C1NCC(c2cc(N3CC(F)(F)C4(CN(Cc5cccc(F)c5)C4)C3)c3nccn3n2)C(=O)N1. The Hall–Kier alpha value is -3.67. The van der Waals surface area contributed by atoms with E-state index in [1.807, 2.05) is 4.90 Å². The number of nitrogens with zero attached hydrogens (tertiary/aromatic N) is 5. The molecule has 0 saturated carbocycles. The number of carbonyl (C=O) groups is 2. The van der Waals surface area contributed by atoms with Crippen molar-refractivity contribution < 1.29 is 22.8 Å². The number of benzene rings is 1. The van der Waals surface area contributed by atoms with Gasteiger partial charge in [0.25, 0.3) is 5.92 Å². The Morgan fingerprint density at radius 1 is 1.11 bits per heavy atom. The summed E-state index contributed by atoms with van der Waals surface area (Å²) in [6.07, 6.45) is 3.11. The van der Waals surface area contributed by atoms with Gasteiger partial charge in [0.1, 0.15) is 5.82 Å². The van der Waals surface area contributed by atoms with Crippen molar-refractivity contribution >= 4 is 23.3 Å². The first-order valence-electron chi connectivity index (χ1n) is 11.3. The molecule has 9 nitrogen and oxygen atoms in total. The molecule has 1 unspecified atom stereocenters. The minimum Gasteiger partial charge on any atom is -0.361 e. The Morgan fingerprint density at radius 3 is 2.71 bits per heavy atom. The summed E-state index contributed by atoms with van der Waals surface area (Å²) in [6.45, 7) is 0.466. The van der Waals surface area contributed by atoms with Gasteiger partial charge in [-0.25, -0.2) is 27.5 Å². The molecule has 3 aliphatic rings. The van der Waals surface area contributed by atoms with Gasteiger partial charge in [-0.2, -0.15) is 5.10 Å². The highest BCUT2D eigenvalue weighted by Gasteiger charge is 2.65. The number of aromatic nitrogens is 3. The molecule has 12 heteroatoms. The number of hydrogen-bond donors (Lipinski definition) is 2. The lowest BCUT2D eigenvalue weighted by molar-refractivity contribution is -0.159. The smallest absolute Gasteiger partial charge is 0.321 e. The zero-order valence-corrected chi connectivity index (χ0v) is 18.5. The van der Waals surface area contributed by atoms with Gasteiger partial charge in [-0.3, -0.25) is 15.0 Å². The first kappa shape index (κ1) is 21.8. The zero-order valence-electron chi connectivity index (χ0n) is 18.5. The van der Waals surface area contributed by atoms with E-state index in [-0.39, 0.29) is 32.0 Å². The molecular formula is C23H22F3N7O2. The summed E-state index contributed by atoms with van der Waals surface area (Å²) in [6, 6.07) is 7.20. The molecule has 5 heterocycles. The van der Waals surface area contributed by atoms with Crippen LogP contribution in [0.2, 0.25) is 0 Å². The molecule has 1 aromatic carbocycles. The van der Waals surface area contributed by atoms with Crippen LogP contribution in [0, 0.1) is 11.2 Å². The standard InChI is InChI=1S/C23H22F3N7O2/c24-15-3-1-2-14(6-15)9-31-10-22(11-31)12-32(13-23(22,25)26)18-7-17(30-33-5-4-27-19(18)33)16-8-28-21(35)29-20(16)34/h1-7,16H,8-13H2,(H2,28,29,34,35). The van der Waals surface area contributed by atoms with E-state index in [9.17, 15) is 14.0 Å². The number of alkyl halides is 2. The molecule has 2 N–H and O–H groups in total. The summed E-state index contributed by atoms with van der Waals surface area (Å²) in [5, 5.41) is 9.21. The fraction of sp³-hybridized carbons (Fsp3) is 0.391. The average Bonchev–Trinajstić information content (AvgIpc) is 3.35. The van der Waals surface area contributed by atoms with Crippen LogP contribution < -0.4 is 15.5 Å². The molecule has 6 rings (SSSR count). The second kappa shape index (κ2) is 7.67. The van der Waals surface area contributed by atoms with E-state index in [0.717, 1.165) is 5.56 Å². The lowest BCUT2D eigenvalue weighted by atomic mass is 9.76. The number of carbonyl (C=O) groups excluding carboxylic acids is 2. The normalized spacial score (nSPS) is 23.4. The Morgan fingerprint density at radius 2 is 1.94 bits per heavy atom. The van der Waals surface area contributed by atoms with Gasteiger partial charge in [0, 0.05) is 45.1 Å². The van der Waals surface area contributed by atoms with Gasteiger partial charge >= 0.3 is 6.03 Å². The maximum Gasteiger partial charge on any atom is 0.321 e. The second-order valence-corrected chi connectivity index (χ2v) is 9.52. The highest BCUT2D eigenvalue weighted by Crippen LogP contribution is 2.51. The summed E-state index contributed by atoms with van der Waals surface area (Å²) >= 11 is 0. The third-order valence-corrected chi connectivity index (χ3v) is 7.08. The molecule has 0 radical (unpaired) electrons. The fourth-order valence-electron chi connectivity index (χ4n) is 5.35. The summed E-state index contributed by atoms with van der Waals surface area (Å²) in [7, 11) is 0. The molecule has 3 fully saturated rings. The maximum absolute atomic E-state index is 15.4. The van der Waals surface area contributed by atoms with Crippen molar-refractivity contribution in [2.24, 2.45) is 5.41 Å². The fourth-order valence-corrected chi connectivity index (χ4v) is 5.35. The third kappa shape index (κ3) is 3.59. The van der Waals surface area contributed by atoms with E-state index in [1.54, 1.807) is 29.3 Å². The van der Waals surface area contributed by atoms with Crippen molar-refractivity contribution in [1.82, 2.24) is 30.1 Å². The number of likely N-dealkylation sites (tertiary alicyclic amines) is 1. The van der Waals surface area contributed by atoms with E-state index in [0.29, 0.717) is 23.6 Å². The number of imide groups is 1. The molecule has 3 aliphatic heterocycles. The molecule has 3 amide bonds. The number of amides is 3. The lowest BCUT2D eigenvalue weighted by Crippen LogP contribution is -2.64. The molecule has 1 spiro atoms. The van der Waals surface area contributed by atoms with E-state index in [2.05, 4.69) is 20.7 Å². The minimum atomic E-state index is -2.95. The van der Waals surface area contributed by atoms with Crippen molar-refractivity contribution in [3.05, 3.63) is 59.8 Å². The first-order valence-corrected chi connectivity index (χ1v) is 11.3. The van der Waals surface area contributed by atoms with Crippen molar-refractivity contribution in [1.29, 1.82) is 0 Å². The Kier molecular flexibility index (Phi) is 4.78. The second-order valence-electron chi connectivity index (χ2n) is 9.52. The number of rotatable bonds is 4. The van der Waals surface area contributed by atoms with E-state index in [4.69, 9.17) is 0 Å². The van der Waals surface area contributed by atoms with Gasteiger partial charge in [-0.1, -0.05) is 12.1 Å². The zero-order chi connectivity index (χ0) is 24.4. The van der Waals surface area contributed by atoms with Gasteiger partial charge in [0.2, 0.25) is 5.91 Å². The van der Waals surface area contributed by atoms with Gasteiger partial charge in [0.15, 0.2) is 5.65 Å². The van der Waals surface area contributed by atoms with Crippen LogP contribution in [-0.2, 0) is 11.3 Å². The number of urea groups is 1. The predicted molar refractivity (Wildman–Crippen MR) is 119 cm³/mol. The summed E-state index contributed by atoms with van der Waals surface area (Å²) in [4.78, 5) is 31.6. The first-order chi connectivity index (χ1) is 16.7. The lowest BCUT2D eigenvalue weighted by Gasteiger charge is -2.50. The highest BCUT2D eigenvalue weighted by molar-refractivity contribution is 6.00.